The van der Waals surface area contributed by atoms with Gasteiger partial charge in [0.1, 0.15) is 11.6 Å². The molecule has 4 heteroatoms. The largest absolute Gasteiger partial charge is 0.340 e. The van der Waals surface area contributed by atoms with Crippen molar-refractivity contribution in [2.75, 3.05) is 0 Å². The second kappa shape index (κ2) is 5.14. The van der Waals surface area contributed by atoms with Gasteiger partial charge in [-0.3, -0.25) is 9.59 Å². The molecule has 1 heterocycles. The monoisotopic (exact) mass is 266 g/mol. The van der Waals surface area contributed by atoms with Crippen LogP contribution in [0.4, 0.5) is 0 Å². The summed E-state index contributed by atoms with van der Waals surface area (Å²) in [5.74, 6) is 0.737. The Hall–Kier alpha value is -1.06. The third-order valence-electron chi connectivity index (χ3n) is 4.53. The number of nitrogens with zero attached hydrogens (tertiary/aromatic N) is 1. The molecule has 0 bridgehead atoms. The predicted octanol–water partition coefficient (Wildman–Crippen LogP) is 2.08. The predicted molar refractivity (Wildman–Crippen MR) is 74.6 cm³/mol. The van der Waals surface area contributed by atoms with E-state index in [1.807, 2.05) is 11.8 Å². The summed E-state index contributed by atoms with van der Waals surface area (Å²) in [7, 11) is 0. The molecule has 1 N–H and O–H groups in total. The lowest BCUT2D eigenvalue weighted by Gasteiger charge is -2.48. The van der Waals surface area contributed by atoms with Gasteiger partial charge in [-0.1, -0.05) is 26.7 Å². The van der Waals surface area contributed by atoms with E-state index in [1.165, 1.54) is 6.42 Å². The van der Waals surface area contributed by atoms with Crippen LogP contribution in [0.1, 0.15) is 59.8 Å². The maximum absolute atomic E-state index is 12.7. The van der Waals surface area contributed by atoms with Crippen molar-refractivity contribution in [2.24, 2.45) is 5.92 Å². The molecular formula is C15H26N2O2. The fourth-order valence-corrected chi connectivity index (χ4v) is 3.49. The number of nitrogens with one attached hydrogen (secondary N) is 1. The second-order valence-electron chi connectivity index (χ2n) is 6.68. The minimum Gasteiger partial charge on any atom is -0.340 e. The van der Waals surface area contributed by atoms with Crippen LogP contribution in [0.5, 0.6) is 0 Å². The molecule has 2 rings (SSSR count). The number of piperazine rings is 1. The van der Waals surface area contributed by atoms with Crippen molar-refractivity contribution in [1.29, 1.82) is 0 Å². The average molecular weight is 266 g/mol. The molecule has 1 saturated carbocycles. The van der Waals surface area contributed by atoms with Crippen LogP contribution in [0.2, 0.25) is 0 Å². The van der Waals surface area contributed by atoms with Gasteiger partial charge in [0.25, 0.3) is 0 Å². The normalized spacial score (nSPS) is 35.2. The van der Waals surface area contributed by atoms with E-state index in [0.717, 1.165) is 19.3 Å². The molecule has 1 aliphatic carbocycles. The van der Waals surface area contributed by atoms with E-state index >= 15 is 0 Å². The van der Waals surface area contributed by atoms with E-state index in [1.54, 1.807) is 13.8 Å². The smallest absolute Gasteiger partial charge is 0.248 e. The first-order valence-electron chi connectivity index (χ1n) is 7.51. The molecule has 0 radical (unpaired) electrons. The Morgan fingerprint density at radius 3 is 2.58 bits per heavy atom. The molecule has 2 fully saturated rings. The quantitative estimate of drug-likeness (QED) is 0.832. The molecule has 108 valence electrons. The van der Waals surface area contributed by atoms with E-state index in [-0.39, 0.29) is 23.9 Å². The molecule has 4 nitrogen and oxygen atoms in total. The van der Waals surface area contributed by atoms with Gasteiger partial charge in [0, 0.05) is 6.04 Å². The number of carbonyl (C=O) groups excluding carboxylic acids is 2. The fourth-order valence-electron chi connectivity index (χ4n) is 3.49. The number of carbonyl (C=O) groups is 2. The molecule has 19 heavy (non-hydrogen) atoms. The summed E-state index contributed by atoms with van der Waals surface area (Å²) < 4.78 is 0. The van der Waals surface area contributed by atoms with E-state index in [4.69, 9.17) is 0 Å². The Labute approximate surface area is 115 Å². The number of hydrogen-bond donors (Lipinski definition) is 1. The first-order chi connectivity index (χ1) is 8.86. The van der Waals surface area contributed by atoms with E-state index in [0.29, 0.717) is 12.3 Å². The van der Waals surface area contributed by atoms with Crippen molar-refractivity contribution in [3.05, 3.63) is 0 Å². The molecule has 1 aliphatic heterocycles. The summed E-state index contributed by atoms with van der Waals surface area (Å²) in [6, 6.07) is -0.0395. The average Bonchev–Trinajstić information content (AvgIpc) is 2.32. The highest BCUT2D eigenvalue weighted by atomic mass is 16.2. The molecule has 1 saturated heterocycles. The summed E-state index contributed by atoms with van der Waals surface area (Å²) >= 11 is 0. The summed E-state index contributed by atoms with van der Waals surface area (Å²) in [6.07, 6.45) is 5.17. The van der Waals surface area contributed by atoms with Gasteiger partial charge < -0.3 is 10.2 Å². The van der Waals surface area contributed by atoms with Crippen LogP contribution in [0, 0.1) is 5.92 Å². The minimum atomic E-state index is -0.760. The van der Waals surface area contributed by atoms with Gasteiger partial charge in [-0.05, 0) is 39.0 Å². The third kappa shape index (κ3) is 2.63. The molecule has 0 aromatic heterocycles. The van der Waals surface area contributed by atoms with Crippen molar-refractivity contribution in [3.8, 4) is 0 Å². The Morgan fingerprint density at radius 2 is 2.00 bits per heavy atom. The molecule has 3 atom stereocenters. The molecule has 2 aliphatic rings. The first-order valence-corrected chi connectivity index (χ1v) is 7.51. The van der Waals surface area contributed by atoms with Crippen molar-refractivity contribution >= 4 is 11.8 Å². The molecule has 0 spiro atoms. The zero-order valence-electron chi connectivity index (χ0n) is 12.5. The maximum Gasteiger partial charge on any atom is 0.248 e. The third-order valence-corrected chi connectivity index (χ3v) is 4.53. The Bertz CT molecular complexity index is 378. The summed E-state index contributed by atoms with van der Waals surface area (Å²) in [5, 5.41) is 2.86. The number of amides is 2. The lowest BCUT2D eigenvalue weighted by molar-refractivity contribution is -0.157. The van der Waals surface area contributed by atoms with Crippen LogP contribution in [0.25, 0.3) is 0 Å². The van der Waals surface area contributed by atoms with Crippen molar-refractivity contribution in [3.63, 3.8) is 0 Å². The van der Waals surface area contributed by atoms with Gasteiger partial charge in [0.15, 0.2) is 0 Å². The SMILES string of the molecule is CCC1C(=O)NC(C)(C)C(=O)N1C1CCCC(C)C1. The highest BCUT2D eigenvalue weighted by molar-refractivity contribution is 5.99. The van der Waals surface area contributed by atoms with Crippen LogP contribution in [0.3, 0.4) is 0 Å². The zero-order valence-corrected chi connectivity index (χ0v) is 12.5. The standard InChI is InChI=1S/C15H26N2O2/c1-5-12-13(18)16-15(3,4)14(19)17(12)11-8-6-7-10(2)9-11/h10-12H,5-9H2,1-4H3,(H,16,18). The van der Waals surface area contributed by atoms with Crippen molar-refractivity contribution in [1.82, 2.24) is 10.2 Å². The van der Waals surface area contributed by atoms with Gasteiger partial charge in [-0.2, -0.15) is 0 Å². The van der Waals surface area contributed by atoms with Crippen LogP contribution in [-0.4, -0.2) is 34.3 Å². The fraction of sp³-hybridized carbons (Fsp3) is 0.867. The summed E-state index contributed by atoms with van der Waals surface area (Å²) in [5.41, 5.74) is -0.760. The highest BCUT2D eigenvalue weighted by Crippen LogP contribution is 2.32. The van der Waals surface area contributed by atoms with E-state index in [2.05, 4.69) is 12.2 Å². The van der Waals surface area contributed by atoms with Crippen molar-refractivity contribution in [2.45, 2.75) is 77.4 Å². The van der Waals surface area contributed by atoms with E-state index < -0.39 is 5.54 Å². The molecule has 0 aromatic carbocycles. The van der Waals surface area contributed by atoms with Gasteiger partial charge in [-0.25, -0.2) is 0 Å². The highest BCUT2D eigenvalue weighted by Gasteiger charge is 2.47. The van der Waals surface area contributed by atoms with Gasteiger partial charge in [-0.15, -0.1) is 0 Å². The van der Waals surface area contributed by atoms with Gasteiger partial charge >= 0.3 is 0 Å². The topological polar surface area (TPSA) is 49.4 Å². The first kappa shape index (κ1) is 14.4. The Morgan fingerprint density at radius 1 is 1.32 bits per heavy atom. The molecular weight excluding hydrogens is 240 g/mol. The van der Waals surface area contributed by atoms with Crippen molar-refractivity contribution < 1.29 is 9.59 Å². The summed E-state index contributed by atoms with van der Waals surface area (Å²) in [4.78, 5) is 26.8. The maximum atomic E-state index is 12.7. The molecule has 2 amide bonds. The molecule has 3 unspecified atom stereocenters. The molecule has 0 aromatic rings. The summed E-state index contributed by atoms with van der Waals surface area (Å²) in [6.45, 7) is 7.83. The van der Waals surface area contributed by atoms with Gasteiger partial charge in [0.05, 0.1) is 0 Å². The van der Waals surface area contributed by atoms with Gasteiger partial charge in [0.2, 0.25) is 11.8 Å². The Balaban J connectivity index is 2.26. The second-order valence-corrected chi connectivity index (χ2v) is 6.68. The Kier molecular flexibility index (Phi) is 3.88. The van der Waals surface area contributed by atoms with E-state index in [9.17, 15) is 9.59 Å². The minimum absolute atomic E-state index is 0.00493. The number of hydrogen-bond acceptors (Lipinski definition) is 2. The zero-order chi connectivity index (χ0) is 14.2. The lowest BCUT2D eigenvalue weighted by atomic mass is 9.83. The number of rotatable bonds is 2. The van der Waals surface area contributed by atoms with Crippen LogP contribution in [0.15, 0.2) is 0 Å². The van der Waals surface area contributed by atoms with Crippen LogP contribution >= 0.6 is 0 Å². The van der Waals surface area contributed by atoms with Crippen LogP contribution < -0.4 is 5.32 Å². The lowest BCUT2D eigenvalue weighted by Crippen LogP contribution is -2.70. The van der Waals surface area contributed by atoms with Crippen LogP contribution in [-0.2, 0) is 9.59 Å².